The molecule has 0 aliphatic rings. The summed E-state index contributed by atoms with van der Waals surface area (Å²) in [6, 6.07) is 13.7. The molecule has 7 heteroatoms. The standard InChI is InChI=1S/C15H9BrClN3O2/c16-13-9-12(15(21)22-10-5-2-1-3-6-10)20(19-13)14-11(17)7-4-8-18-14/h1-9H. The van der Waals surface area contributed by atoms with Gasteiger partial charge in [0, 0.05) is 12.3 Å². The molecule has 0 atom stereocenters. The second kappa shape index (κ2) is 6.29. The van der Waals surface area contributed by atoms with Crippen LogP contribution in [0.25, 0.3) is 5.82 Å². The fourth-order valence-electron chi connectivity index (χ4n) is 1.84. The van der Waals surface area contributed by atoms with Crippen LogP contribution in [0.2, 0.25) is 5.02 Å². The summed E-state index contributed by atoms with van der Waals surface area (Å²) in [5, 5.41) is 4.57. The number of aromatic nitrogens is 3. The van der Waals surface area contributed by atoms with E-state index in [1.54, 1.807) is 48.7 Å². The van der Waals surface area contributed by atoms with Gasteiger partial charge in [0.25, 0.3) is 0 Å². The van der Waals surface area contributed by atoms with Crippen LogP contribution in [0.3, 0.4) is 0 Å². The van der Waals surface area contributed by atoms with Crippen molar-refractivity contribution in [1.29, 1.82) is 0 Å². The fraction of sp³-hybridized carbons (Fsp3) is 0. The van der Waals surface area contributed by atoms with Gasteiger partial charge in [-0.1, -0.05) is 29.8 Å². The number of halogens is 2. The summed E-state index contributed by atoms with van der Waals surface area (Å²) in [5.41, 5.74) is 0.219. The maximum Gasteiger partial charge on any atom is 0.362 e. The average Bonchev–Trinajstić information content (AvgIpc) is 2.90. The van der Waals surface area contributed by atoms with Crippen LogP contribution in [0.4, 0.5) is 0 Å². The Morgan fingerprint density at radius 1 is 1.18 bits per heavy atom. The molecule has 0 N–H and O–H groups in total. The van der Waals surface area contributed by atoms with Crippen LogP contribution in [-0.4, -0.2) is 20.7 Å². The van der Waals surface area contributed by atoms with Crippen molar-refractivity contribution in [2.45, 2.75) is 0 Å². The zero-order chi connectivity index (χ0) is 15.5. The lowest BCUT2D eigenvalue weighted by Crippen LogP contribution is -2.15. The van der Waals surface area contributed by atoms with Gasteiger partial charge in [-0.3, -0.25) is 0 Å². The summed E-state index contributed by atoms with van der Waals surface area (Å²) in [5.74, 6) is 0.254. The number of hydrogen-bond acceptors (Lipinski definition) is 4. The normalized spacial score (nSPS) is 10.5. The van der Waals surface area contributed by atoms with Gasteiger partial charge >= 0.3 is 5.97 Å². The minimum absolute atomic E-state index is 0.219. The number of para-hydroxylation sites is 1. The third-order valence-electron chi connectivity index (χ3n) is 2.78. The smallest absolute Gasteiger partial charge is 0.362 e. The van der Waals surface area contributed by atoms with Crippen LogP contribution in [0.1, 0.15) is 10.5 Å². The van der Waals surface area contributed by atoms with E-state index in [1.807, 2.05) is 6.07 Å². The average molecular weight is 379 g/mol. The minimum atomic E-state index is -0.550. The molecule has 0 bridgehead atoms. The van der Waals surface area contributed by atoms with Crippen LogP contribution in [0, 0.1) is 0 Å². The summed E-state index contributed by atoms with van der Waals surface area (Å²) in [4.78, 5) is 16.5. The van der Waals surface area contributed by atoms with Crippen LogP contribution >= 0.6 is 27.5 Å². The van der Waals surface area contributed by atoms with Gasteiger partial charge in [-0.05, 0) is 40.2 Å². The number of hydrogen-bond donors (Lipinski definition) is 0. The number of pyridine rings is 1. The van der Waals surface area contributed by atoms with Crippen LogP contribution in [-0.2, 0) is 0 Å². The topological polar surface area (TPSA) is 57.0 Å². The first kappa shape index (κ1) is 14.7. The summed E-state index contributed by atoms with van der Waals surface area (Å²) >= 11 is 9.36. The van der Waals surface area contributed by atoms with E-state index in [2.05, 4.69) is 26.0 Å². The number of benzene rings is 1. The first-order chi connectivity index (χ1) is 10.6. The zero-order valence-corrected chi connectivity index (χ0v) is 13.5. The molecule has 0 aliphatic carbocycles. The van der Waals surface area contributed by atoms with Gasteiger partial charge in [-0.2, -0.15) is 5.10 Å². The molecular weight excluding hydrogens is 370 g/mol. The lowest BCUT2D eigenvalue weighted by molar-refractivity contribution is 0.0725. The Morgan fingerprint density at radius 2 is 1.95 bits per heavy atom. The molecule has 0 saturated carbocycles. The van der Waals surface area contributed by atoms with Gasteiger partial charge < -0.3 is 4.74 Å². The summed E-state index contributed by atoms with van der Waals surface area (Å²) in [6.07, 6.45) is 1.57. The Labute approximate surface area is 139 Å². The SMILES string of the molecule is O=C(Oc1ccccc1)c1cc(Br)nn1-c1ncccc1Cl. The molecule has 2 heterocycles. The third-order valence-corrected chi connectivity index (χ3v) is 3.46. The van der Waals surface area contributed by atoms with E-state index < -0.39 is 5.97 Å². The summed E-state index contributed by atoms with van der Waals surface area (Å²) in [7, 11) is 0. The Morgan fingerprint density at radius 3 is 2.68 bits per heavy atom. The monoisotopic (exact) mass is 377 g/mol. The Kier molecular flexibility index (Phi) is 4.22. The molecule has 0 unspecified atom stereocenters. The number of carbonyl (C=O) groups excluding carboxylic acids is 1. The third kappa shape index (κ3) is 3.03. The Hall–Kier alpha value is -2.18. The second-order valence-electron chi connectivity index (χ2n) is 4.28. The van der Waals surface area contributed by atoms with E-state index in [0.717, 1.165) is 0 Å². The van der Waals surface area contributed by atoms with Gasteiger partial charge in [0.2, 0.25) is 0 Å². The van der Waals surface area contributed by atoms with Crippen molar-refractivity contribution < 1.29 is 9.53 Å². The van der Waals surface area contributed by atoms with E-state index in [1.165, 1.54) is 4.68 Å². The molecule has 0 aliphatic heterocycles. The number of carbonyl (C=O) groups is 1. The molecule has 0 amide bonds. The van der Waals surface area contributed by atoms with E-state index in [0.29, 0.717) is 21.2 Å². The van der Waals surface area contributed by atoms with Gasteiger partial charge in [-0.25, -0.2) is 14.5 Å². The summed E-state index contributed by atoms with van der Waals surface area (Å²) in [6.45, 7) is 0. The number of rotatable bonds is 3. The maximum absolute atomic E-state index is 12.4. The van der Waals surface area contributed by atoms with E-state index >= 15 is 0 Å². The highest BCUT2D eigenvalue weighted by atomic mass is 79.9. The van der Waals surface area contributed by atoms with Crippen molar-refractivity contribution in [2.24, 2.45) is 0 Å². The van der Waals surface area contributed by atoms with Crippen LogP contribution in [0.15, 0.2) is 59.3 Å². The predicted octanol–water partition coefficient (Wildman–Crippen LogP) is 3.90. The fourth-order valence-corrected chi connectivity index (χ4v) is 2.42. The van der Waals surface area contributed by atoms with Gasteiger partial charge in [0.1, 0.15) is 10.4 Å². The van der Waals surface area contributed by atoms with Crippen molar-refractivity contribution in [1.82, 2.24) is 14.8 Å². The molecule has 0 saturated heterocycles. The van der Waals surface area contributed by atoms with Crippen LogP contribution < -0.4 is 4.74 Å². The molecule has 3 aromatic rings. The maximum atomic E-state index is 12.4. The first-order valence-electron chi connectivity index (χ1n) is 6.29. The molecule has 110 valence electrons. The molecule has 1 aromatic carbocycles. The number of ether oxygens (including phenoxy) is 1. The van der Waals surface area contributed by atoms with Gasteiger partial charge in [0.05, 0.1) is 5.02 Å². The second-order valence-corrected chi connectivity index (χ2v) is 5.50. The van der Waals surface area contributed by atoms with Gasteiger partial charge in [0.15, 0.2) is 11.5 Å². The van der Waals surface area contributed by atoms with Crippen molar-refractivity contribution in [3.8, 4) is 11.6 Å². The molecule has 2 aromatic heterocycles. The molecule has 22 heavy (non-hydrogen) atoms. The molecule has 0 spiro atoms. The number of esters is 1. The van der Waals surface area contributed by atoms with Crippen LogP contribution in [0.5, 0.6) is 5.75 Å². The van der Waals surface area contributed by atoms with Crippen molar-refractivity contribution in [3.05, 3.63) is 70.0 Å². The Bertz CT molecular complexity index is 821. The van der Waals surface area contributed by atoms with Crippen molar-refractivity contribution in [2.75, 3.05) is 0 Å². The highest BCUT2D eigenvalue weighted by Gasteiger charge is 2.20. The largest absolute Gasteiger partial charge is 0.422 e. The van der Waals surface area contributed by atoms with Gasteiger partial charge in [-0.15, -0.1) is 0 Å². The van der Waals surface area contributed by atoms with E-state index in [-0.39, 0.29) is 5.69 Å². The molecular formula is C15H9BrClN3O2. The van der Waals surface area contributed by atoms with E-state index in [4.69, 9.17) is 16.3 Å². The lowest BCUT2D eigenvalue weighted by Gasteiger charge is -2.07. The molecule has 0 fully saturated rings. The zero-order valence-electron chi connectivity index (χ0n) is 11.1. The highest BCUT2D eigenvalue weighted by Crippen LogP contribution is 2.22. The first-order valence-corrected chi connectivity index (χ1v) is 7.46. The highest BCUT2D eigenvalue weighted by molar-refractivity contribution is 9.10. The quantitative estimate of drug-likeness (QED) is 0.512. The Balaban J connectivity index is 1.98. The molecule has 0 radical (unpaired) electrons. The van der Waals surface area contributed by atoms with Crippen molar-refractivity contribution >= 4 is 33.5 Å². The summed E-state index contributed by atoms with van der Waals surface area (Å²) < 4.78 is 7.15. The lowest BCUT2D eigenvalue weighted by atomic mass is 10.3. The molecule has 3 rings (SSSR count). The number of nitrogens with zero attached hydrogens (tertiary/aromatic N) is 3. The van der Waals surface area contributed by atoms with Crippen molar-refractivity contribution in [3.63, 3.8) is 0 Å². The minimum Gasteiger partial charge on any atom is -0.422 e. The molecule has 5 nitrogen and oxygen atoms in total. The van der Waals surface area contributed by atoms with E-state index in [9.17, 15) is 4.79 Å². The predicted molar refractivity (Wildman–Crippen MR) is 85.5 cm³/mol.